The van der Waals surface area contributed by atoms with Crippen LogP contribution in [0.1, 0.15) is 27.7 Å². The van der Waals surface area contributed by atoms with Gasteiger partial charge in [0.1, 0.15) is 0 Å². The summed E-state index contributed by atoms with van der Waals surface area (Å²) in [6, 6.07) is 0. The highest BCUT2D eigenvalue weighted by Crippen LogP contribution is 2.25. The van der Waals surface area contributed by atoms with Gasteiger partial charge in [0, 0.05) is 16.1 Å². The molecule has 0 amide bonds. The maximum Gasteiger partial charge on any atom is 0.334 e. The second-order valence-electron chi connectivity index (χ2n) is 4.41. The van der Waals surface area contributed by atoms with Crippen LogP contribution < -0.4 is 0 Å². The van der Waals surface area contributed by atoms with E-state index in [4.69, 9.17) is 4.74 Å². The third-order valence-electron chi connectivity index (χ3n) is 1.53. The normalized spacial score (nSPS) is 12.5. The molecule has 0 unspecified atom stereocenters. The number of hydrogen-bond acceptors (Lipinski definition) is 3. The third kappa shape index (κ3) is 7.25. The number of ether oxygens (including phenoxy) is 1. The summed E-state index contributed by atoms with van der Waals surface area (Å²) >= 11 is 1.72. The predicted octanol–water partition coefficient (Wildman–Crippen LogP) is 3.19. The van der Waals surface area contributed by atoms with Crippen LogP contribution in [0.2, 0.25) is 0 Å². The van der Waals surface area contributed by atoms with Crippen molar-refractivity contribution in [1.82, 2.24) is 0 Å². The maximum atomic E-state index is 11.4. The first-order valence-corrected chi connectivity index (χ1v) is 5.83. The van der Waals surface area contributed by atoms with Gasteiger partial charge in [0.15, 0.2) is 0 Å². The summed E-state index contributed by atoms with van der Waals surface area (Å²) in [6.45, 7) is 12.0. The van der Waals surface area contributed by atoms with Crippen molar-refractivity contribution in [3.63, 3.8) is 0 Å². The molecule has 0 fully saturated rings. The van der Waals surface area contributed by atoms with Crippen LogP contribution in [0, 0.1) is 0 Å². The number of hydrogen-bond donors (Lipinski definition) is 0. The molecule has 0 atom stereocenters. The average molecular weight is 228 g/mol. The Hall–Kier alpha value is -0.700. The van der Waals surface area contributed by atoms with Crippen LogP contribution in [0.4, 0.5) is 0 Å². The van der Waals surface area contributed by atoms with Crippen LogP contribution in [0.15, 0.2) is 23.8 Å². The summed E-state index contributed by atoms with van der Waals surface area (Å²) in [5.74, 6) is 0.387. The molecule has 0 radical (unpaired) electrons. The molecule has 0 rings (SSSR count). The number of carbonyl (C=O) groups excluding carboxylic acids is 1. The van der Waals surface area contributed by atoms with E-state index in [-0.39, 0.29) is 10.7 Å². The molecule has 0 aliphatic carbocycles. The highest BCUT2D eigenvalue weighted by molar-refractivity contribution is 8.00. The Kier molecular flexibility index (Phi) is 5.73. The third-order valence-corrected chi connectivity index (χ3v) is 2.85. The number of esters is 1. The molecular formula is C12H20O2S. The SMILES string of the molecule is C=C(C)/C=C(/CSC(C)(C)C)C(=O)OC. The van der Waals surface area contributed by atoms with Gasteiger partial charge in [-0.2, -0.15) is 11.8 Å². The summed E-state index contributed by atoms with van der Waals surface area (Å²) in [4.78, 5) is 11.4. The minimum absolute atomic E-state index is 0.141. The van der Waals surface area contributed by atoms with E-state index in [1.807, 2.05) is 6.92 Å². The number of thioether (sulfide) groups is 1. The van der Waals surface area contributed by atoms with Gasteiger partial charge in [0.2, 0.25) is 0 Å². The van der Waals surface area contributed by atoms with Crippen molar-refractivity contribution in [3.05, 3.63) is 23.8 Å². The predicted molar refractivity (Wildman–Crippen MR) is 67.1 cm³/mol. The van der Waals surface area contributed by atoms with E-state index < -0.39 is 0 Å². The molecular weight excluding hydrogens is 208 g/mol. The minimum atomic E-state index is -0.269. The molecule has 0 aromatic heterocycles. The molecule has 0 aromatic carbocycles. The molecule has 0 N–H and O–H groups in total. The van der Waals surface area contributed by atoms with E-state index in [0.29, 0.717) is 11.3 Å². The molecule has 86 valence electrons. The van der Waals surface area contributed by atoms with Crippen molar-refractivity contribution in [3.8, 4) is 0 Å². The molecule has 0 heterocycles. The lowest BCUT2D eigenvalue weighted by Gasteiger charge is -2.18. The fourth-order valence-electron chi connectivity index (χ4n) is 0.882. The summed E-state index contributed by atoms with van der Waals surface area (Å²) < 4.78 is 4.86. The lowest BCUT2D eigenvalue weighted by molar-refractivity contribution is -0.135. The first kappa shape index (κ1) is 14.3. The maximum absolute atomic E-state index is 11.4. The molecule has 0 aromatic rings. The van der Waals surface area contributed by atoms with Gasteiger partial charge >= 0.3 is 5.97 Å². The van der Waals surface area contributed by atoms with Gasteiger partial charge in [0.25, 0.3) is 0 Å². The van der Waals surface area contributed by atoms with E-state index in [1.54, 1.807) is 17.8 Å². The number of allylic oxidation sites excluding steroid dienone is 2. The molecule has 3 heteroatoms. The largest absolute Gasteiger partial charge is 0.466 e. The van der Waals surface area contributed by atoms with Crippen LogP contribution in [0.25, 0.3) is 0 Å². The zero-order valence-corrected chi connectivity index (χ0v) is 11.0. The van der Waals surface area contributed by atoms with Crippen molar-refractivity contribution >= 4 is 17.7 Å². The zero-order valence-electron chi connectivity index (χ0n) is 10.2. The van der Waals surface area contributed by atoms with Crippen LogP contribution in [0.3, 0.4) is 0 Å². The van der Waals surface area contributed by atoms with Crippen LogP contribution >= 0.6 is 11.8 Å². The Bertz CT molecular complexity index is 272. The first-order valence-electron chi connectivity index (χ1n) is 4.84. The van der Waals surface area contributed by atoms with Crippen molar-refractivity contribution in [1.29, 1.82) is 0 Å². The van der Waals surface area contributed by atoms with E-state index >= 15 is 0 Å². The minimum Gasteiger partial charge on any atom is -0.466 e. The topological polar surface area (TPSA) is 26.3 Å². The fraction of sp³-hybridized carbons (Fsp3) is 0.583. The lowest BCUT2D eigenvalue weighted by Crippen LogP contribution is -2.13. The van der Waals surface area contributed by atoms with E-state index in [9.17, 15) is 4.79 Å². The van der Waals surface area contributed by atoms with Gasteiger partial charge in [-0.1, -0.05) is 32.9 Å². The van der Waals surface area contributed by atoms with E-state index in [0.717, 1.165) is 5.57 Å². The smallest absolute Gasteiger partial charge is 0.334 e. The van der Waals surface area contributed by atoms with Gasteiger partial charge < -0.3 is 4.74 Å². The lowest BCUT2D eigenvalue weighted by atomic mass is 10.2. The molecule has 0 saturated heterocycles. The fourth-order valence-corrected chi connectivity index (χ4v) is 1.67. The molecule has 0 aliphatic heterocycles. The Labute approximate surface area is 96.8 Å². The molecule has 0 saturated carbocycles. The second-order valence-corrected chi connectivity index (χ2v) is 6.21. The molecule has 0 bridgehead atoms. The van der Waals surface area contributed by atoms with Gasteiger partial charge in [-0.25, -0.2) is 4.79 Å². The molecule has 0 spiro atoms. The van der Waals surface area contributed by atoms with Crippen molar-refractivity contribution < 1.29 is 9.53 Å². The number of carbonyl (C=O) groups is 1. The van der Waals surface area contributed by atoms with Crippen molar-refractivity contribution in [2.24, 2.45) is 0 Å². The Morgan fingerprint density at radius 3 is 2.33 bits per heavy atom. The highest BCUT2D eigenvalue weighted by Gasteiger charge is 2.15. The number of rotatable bonds is 4. The van der Waals surface area contributed by atoms with Gasteiger partial charge in [0.05, 0.1) is 7.11 Å². The summed E-state index contributed by atoms with van der Waals surface area (Å²) in [5.41, 5.74) is 1.54. The van der Waals surface area contributed by atoms with Crippen LogP contribution in [-0.4, -0.2) is 23.6 Å². The van der Waals surface area contributed by atoms with Crippen LogP contribution in [0.5, 0.6) is 0 Å². The summed E-state index contributed by atoms with van der Waals surface area (Å²) in [6.07, 6.45) is 1.78. The van der Waals surface area contributed by atoms with Gasteiger partial charge in [-0.3, -0.25) is 0 Å². The van der Waals surface area contributed by atoms with Crippen molar-refractivity contribution in [2.75, 3.05) is 12.9 Å². The zero-order chi connectivity index (χ0) is 12.1. The second kappa shape index (κ2) is 6.01. The van der Waals surface area contributed by atoms with Gasteiger partial charge in [-0.05, 0) is 13.0 Å². The van der Waals surface area contributed by atoms with Crippen LogP contribution in [-0.2, 0) is 9.53 Å². The Balaban J connectivity index is 4.54. The summed E-state index contributed by atoms with van der Waals surface area (Å²) in [7, 11) is 1.40. The Morgan fingerprint density at radius 1 is 1.47 bits per heavy atom. The van der Waals surface area contributed by atoms with Crippen molar-refractivity contribution in [2.45, 2.75) is 32.4 Å². The summed E-state index contributed by atoms with van der Waals surface area (Å²) in [5, 5.41) is 0. The quantitative estimate of drug-likeness (QED) is 0.420. The standard InChI is InChI=1S/C12H20O2S/c1-9(2)7-10(11(13)14-6)8-15-12(3,4)5/h7H,1,8H2,2-6H3/b10-7-. The average Bonchev–Trinajstić information content (AvgIpc) is 2.09. The van der Waals surface area contributed by atoms with E-state index in [1.165, 1.54) is 7.11 Å². The molecule has 15 heavy (non-hydrogen) atoms. The van der Waals surface area contributed by atoms with E-state index in [2.05, 4.69) is 27.4 Å². The van der Waals surface area contributed by atoms with Gasteiger partial charge in [-0.15, -0.1) is 0 Å². The highest BCUT2D eigenvalue weighted by atomic mass is 32.2. The number of methoxy groups -OCH3 is 1. The first-order chi connectivity index (χ1) is 6.76. The Morgan fingerprint density at radius 2 is 2.00 bits per heavy atom. The molecule has 2 nitrogen and oxygen atoms in total. The monoisotopic (exact) mass is 228 g/mol. The molecule has 0 aliphatic rings.